The van der Waals surface area contributed by atoms with Crippen molar-refractivity contribution in [3.05, 3.63) is 53.6 Å². The Kier molecular flexibility index (Phi) is 5.07. The average Bonchev–Trinajstić information content (AvgIpc) is 2.46. The summed E-state index contributed by atoms with van der Waals surface area (Å²) in [5.41, 5.74) is 3.49. The topological polar surface area (TPSA) is 47.0 Å². The highest BCUT2D eigenvalue weighted by atomic mass is 16.5. The Labute approximate surface area is 120 Å². The Hall–Kier alpha value is -1.94. The van der Waals surface area contributed by atoms with Crippen LogP contribution in [0.3, 0.4) is 0 Å². The maximum atomic E-state index is 5.54. The van der Waals surface area contributed by atoms with E-state index < -0.39 is 0 Å². The fourth-order valence-corrected chi connectivity index (χ4v) is 2.26. The van der Waals surface area contributed by atoms with Crippen molar-refractivity contribution < 1.29 is 4.74 Å². The van der Waals surface area contributed by atoms with Gasteiger partial charge in [0.2, 0.25) is 0 Å². The van der Waals surface area contributed by atoms with E-state index in [-0.39, 0.29) is 6.04 Å². The number of hydrogen-bond donors (Lipinski definition) is 1. The number of nitrogens with one attached hydrogen (secondary N) is 1. The van der Waals surface area contributed by atoms with Gasteiger partial charge in [-0.3, -0.25) is 9.97 Å². The van der Waals surface area contributed by atoms with Crippen LogP contribution in [0.15, 0.2) is 36.9 Å². The summed E-state index contributed by atoms with van der Waals surface area (Å²) in [6, 6.07) is 4.20. The van der Waals surface area contributed by atoms with Crippen LogP contribution in [-0.4, -0.2) is 23.1 Å². The molecule has 1 atom stereocenters. The molecule has 2 aromatic heterocycles. The molecular weight excluding hydrogens is 250 g/mol. The summed E-state index contributed by atoms with van der Waals surface area (Å²) in [6.07, 6.45) is 7.34. The van der Waals surface area contributed by atoms with Crippen molar-refractivity contribution in [3.8, 4) is 5.75 Å². The van der Waals surface area contributed by atoms with Gasteiger partial charge in [0, 0.05) is 18.6 Å². The lowest BCUT2D eigenvalue weighted by Gasteiger charge is -2.20. The summed E-state index contributed by atoms with van der Waals surface area (Å²) in [7, 11) is 0. The summed E-state index contributed by atoms with van der Waals surface area (Å²) >= 11 is 0. The monoisotopic (exact) mass is 271 g/mol. The van der Waals surface area contributed by atoms with Crippen LogP contribution >= 0.6 is 0 Å². The molecule has 20 heavy (non-hydrogen) atoms. The van der Waals surface area contributed by atoms with E-state index in [1.165, 1.54) is 11.1 Å². The molecule has 0 aliphatic carbocycles. The molecule has 0 saturated heterocycles. The van der Waals surface area contributed by atoms with Crippen molar-refractivity contribution in [1.29, 1.82) is 0 Å². The first-order valence-electron chi connectivity index (χ1n) is 6.97. The SMILES string of the molecule is CCNC(c1cncc(OCC)c1)c1ccncc1C. The molecule has 2 aromatic rings. The second kappa shape index (κ2) is 7.01. The average molecular weight is 271 g/mol. The van der Waals surface area contributed by atoms with Crippen LogP contribution in [0.4, 0.5) is 0 Å². The van der Waals surface area contributed by atoms with E-state index in [4.69, 9.17) is 4.74 Å². The Morgan fingerprint density at radius 3 is 2.75 bits per heavy atom. The molecule has 2 heterocycles. The van der Waals surface area contributed by atoms with Gasteiger partial charge in [-0.15, -0.1) is 0 Å². The maximum Gasteiger partial charge on any atom is 0.137 e. The Bertz CT molecular complexity index is 557. The minimum absolute atomic E-state index is 0.107. The van der Waals surface area contributed by atoms with Crippen LogP contribution in [0.2, 0.25) is 0 Å². The van der Waals surface area contributed by atoms with Crippen LogP contribution in [-0.2, 0) is 0 Å². The molecule has 0 aliphatic heterocycles. The summed E-state index contributed by atoms with van der Waals surface area (Å²) < 4.78 is 5.54. The van der Waals surface area contributed by atoms with Crippen molar-refractivity contribution >= 4 is 0 Å². The Morgan fingerprint density at radius 1 is 1.20 bits per heavy atom. The number of pyridine rings is 2. The standard InChI is InChI=1S/C16H21N3O/c1-4-19-16(15-6-7-17-9-12(15)3)13-8-14(20-5-2)11-18-10-13/h6-11,16,19H,4-5H2,1-3H3. The number of hydrogen-bond acceptors (Lipinski definition) is 4. The lowest BCUT2D eigenvalue weighted by atomic mass is 9.97. The molecule has 0 aromatic carbocycles. The van der Waals surface area contributed by atoms with E-state index in [1.54, 1.807) is 6.20 Å². The predicted octanol–water partition coefficient (Wildman–Crippen LogP) is 2.88. The zero-order valence-corrected chi connectivity index (χ0v) is 12.3. The largest absolute Gasteiger partial charge is 0.492 e. The molecule has 4 heteroatoms. The summed E-state index contributed by atoms with van der Waals surface area (Å²) in [6.45, 7) is 7.67. The molecule has 0 amide bonds. The third-order valence-electron chi connectivity index (χ3n) is 3.16. The van der Waals surface area contributed by atoms with Crippen molar-refractivity contribution in [3.63, 3.8) is 0 Å². The van der Waals surface area contributed by atoms with Gasteiger partial charge < -0.3 is 10.1 Å². The third kappa shape index (κ3) is 3.33. The smallest absolute Gasteiger partial charge is 0.137 e. The number of nitrogens with zero attached hydrogens (tertiary/aromatic N) is 2. The van der Waals surface area contributed by atoms with Gasteiger partial charge in [0.1, 0.15) is 5.75 Å². The van der Waals surface area contributed by atoms with Gasteiger partial charge in [-0.05, 0) is 49.2 Å². The summed E-state index contributed by atoms with van der Waals surface area (Å²) in [5.74, 6) is 0.805. The molecule has 0 spiro atoms. The van der Waals surface area contributed by atoms with Crippen molar-refractivity contribution in [2.75, 3.05) is 13.2 Å². The molecule has 0 radical (unpaired) electrons. The van der Waals surface area contributed by atoms with Crippen LogP contribution in [0, 0.1) is 6.92 Å². The normalized spacial score (nSPS) is 12.2. The first kappa shape index (κ1) is 14.5. The lowest BCUT2D eigenvalue weighted by Crippen LogP contribution is -2.23. The Balaban J connectivity index is 2.38. The third-order valence-corrected chi connectivity index (χ3v) is 3.16. The van der Waals surface area contributed by atoms with Gasteiger partial charge in [-0.2, -0.15) is 0 Å². The van der Waals surface area contributed by atoms with E-state index in [9.17, 15) is 0 Å². The first-order chi connectivity index (χ1) is 9.76. The summed E-state index contributed by atoms with van der Waals surface area (Å²) in [4.78, 5) is 8.44. The maximum absolute atomic E-state index is 5.54. The van der Waals surface area contributed by atoms with Crippen LogP contribution in [0.25, 0.3) is 0 Å². The zero-order chi connectivity index (χ0) is 14.4. The second-order valence-electron chi connectivity index (χ2n) is 4.61. The molecule has 1 N–H and O–H groups in total. The molecular formula is C16H21N3O. The molecule has 0 fully saturated rings. The highest BCUT2D eigenvalue weighted by Crippen LogP contribution is 2.26. The van der Waals surface area contributed by atoms with Crippen molar-refractivity contribution in [2.24, 2.45) is 0 Å². The van der Waals surface area contributed by atoms with Crippen LogP contribution in [0.5, 0.6) is 5.75 Å². The Morgan fingerprint density at radius 2 is 2.05 bits per heavy atom. The molecule has 0 bridgehead atoms. The lowest BCUT2D eigenvalue weighted by molar-refractivity contribution is 0.338. The van der Waals surface area contributed by atoms with E-state index >= 15 is 0 Å². The van der Waals surface area contributed by atoms with E-state index in [2.05, 4.69) is 35.2 Å². The van der Waals surface area contributed by atoms with E-state index in [0.717, 1.165) is 17.9 Å². The second-order valence-corrected chi connectivity index (χ2v) is 4.61. The van der Waals surface area contributed by atoms with Gasteiger partial charge in [0.25, 0.3) is 0 Å². The number of rotatable bonds is 6. The highest BCUT2D eigenvalue weighted by molar-refractivity contribution is 5.36. The predicted molar refractivity (Wildman–Crippen MR) is 79.9 cm³/mol. The van der Waals surface area contributed by atoms with Crippen molar-refractivity contribution in [1.82, 2.24) is 15.3 Å². The zero-order valence-electron chi connectivity index (χ0n) is 12.3. The van der Waals surface area contributed by atoms with Gasteiger partial charge in [0.05, 0.1) is 18.8 Å². The van der Waals surface area contributed by atoms with Crippen molar-refractivity contribution in [2.45, 2.75) is 26.8 Å². The number of aromatic nitrogens is 2. The van der Waals surface area contributed by atoms with Gasteiger partial charge >= 0.3 is 0 Å². The molecule has 1 unspecified atom stereocenters. The molecule has 106 valence electrons. The number of aryl methyl sites for hydroxylation is 1. The van der Waals surface area contributed by atoms with Gasteiger partial charge in [-0.25, -0.2) is 0 Å². The van der Waals surface area contributed by atoms with Gasteiger partial charge in [-0.1, -0.05) is 6.92 Å². The molecule has 2 rings (SSSR count). The quantitative estimate of drug-likeness (QED) is 0.877. The minimum atomic E-state index is 0.107. The van der Waals surface area contributed by atoms with Gasteiger partial charge in [0.15, 0.2) is 0 Å². The fourth-order valence-electron chi connectivity index (χ4n) is 2.26. The molecule has 0 aliphatic rings. The van der Waals surface area contributed by atoms with Crippen LogP contribution in [0.1, 0.15) is 36.6 Å². The number of ether oxygens (including phenoxy) is 1. The van der Waals surface area contributed by atoms with Crippen LogP contribution < -0.4 is 10.1 Å². The fraction of sp³-hybridized carbons (Fsp3) is 0.375. The van der Waals surface area contributed by atoms with E-state index in [0.29, 0.717) is 6.61 Å². The summed E-state index contributed by atoms with van der Waals surface area (Å²) in [5, 5.41) is 3.50. The minimum Gasteiger partial charge on any atom is -0.492 e. The molecule has 4 nitrogen and oxygen atoms in total. The van der Waals surface area contributed by atoms with E-state index in [1.807, 2.05) is 31.6 Å². The highest BCUT2D eigenvalue weighted by Gasteiger charge is 2.16. The molecule has 0 saturated carbocycles. The first-order valence-corrected chi connectivity index (χ1v) is 6.97.